The third kappa shape index (κ3) is 6.16. The number of aromatic nitrogens is 2. The highest BCUT2D eigenvalue weighted by Gasteiger charge is 2.33. The number of hydrogen-bond donors (Lipinski definition) is 0. The average molecular weight is 577 g/mol. The van der Waals surface area contributed by atoms with Crippen LogP contribution in [-0.2, 0) is 24.4 Å². The SMILES string of the molecule is C=CC(=O)N1CCN(c2nc(OC[C@@H]3CCCN3C)nc3c2CN(Cc2c(Cl)cccc2OC(F)F)C3)C[C@H]1C. The molecule has 1 aromatic carbocycles. The Hall–Kier alpha value is -3.02. The second-order valence-corrected chi connectivity index (χ2v) is 11.0. The molecule has 216 valence electrons. The van der Waals surface area contributed by atoms with Crippen molar-refractivity contribution in [3.05, 3.63) is 52.7 Å². The lowest BCUT2D eigenvalue weighted by atomic mass is 10.1. The highest BCUT2D eigenvalue weighted by Crippen LogP contribution is 2.36. The quantitative estimate of drug-likeness (QED) is 0.416. The normalized spacial score (nSPS) is 21.6. The first-order valence-corrected chi connectivity index (χ1v) is 14.0. The summed E-state index contributed by atoms with van der Waals surface area (Å²) >= 11 is 6.41. The minimum atomic E-state index is -2.95. The number of halogens is 3. The molecule has 0 saturated carbocycles. The third-order valence-electron chi connectivity index (χ3n) is 7.94. The molecule has 12 heteroatoms. The van der Waals surface area contributed by atoms with Crippen molar-refractivity contribution in [3.63, 3.8) is 0 Å². The zero-order valence-corrected chi connectivity index (χ0v) is 23.6. The Morgan fingerprint density at radius 1 is 1.25 bits per heavy atom. The number of likely N-dealkylation sites (N-methyl/N-ethyl adjacent to an activating group) is 1. The molecule has 1 amide bonds. The molecule has 1 aromatic heterocycles. The molecule has 0 spiro atoms. The van der Waals surface area contributed by atoms with Crippen LogP contribution >= 0.6 is 11.6 Å². The summed E-state index contributed by atoms with van der Waals surface area (Å²) in [6.45, 7) is 7.29. The van der Waals surface area contributed by atoms with Gasteiger partial charge in [0.2, 0.25) is 5.91 Å². The molecule has 4 heterocycles. The maximum Gasteiger partial charge on any atom is 0.387 e. The Morgan fingerprint density at radius 2 is 2.08 bits per heavy atom. The number of carbonyl (C=O) groups excluding carboxylic acids is 1. The van der Waals surface area contributed by atoms with Gasteiger partial charge in [-0.1, -0.05) is 24.2 Å². The fraction of sp³-hybridized carbons (Fsp3) is 0.536. The molecule has 3 aliphatic rings. The topological polar surface area (TPSA) is 74.3 Å². The van der Waals surface area contributed by atoms with Gasteiger partial charge in [0.05, 0.1) is 5.69 Å². The summed E-state index contributed by atoms with van der Waals surface area (Å²) in [7, 11) is 2.10. The predicted octanol–water partition coefficient (Wildman–Crippen LogP) is 3.94. The summed E-state index contributed by atoms with van der Waals surface area (Å²) in [5, 5.41) is 0.363. The van der Waals surface area contributed by atoms with E-state index in [4.69, 9.17) is 31.0 Å². The monoisotopic (exact) mass is 576 g/mol. The van der Waals surface area contributed by atoms with Gasteiger partial charge in [-0.05, 0) is 51.6 Å². The molecule has 0 radical (unpaired) electrons. The first-order valence-electron chi connectivity index (χ1n) is 13.6. The molecule has 5 rings (SSSR count). The highest BCUT2D eigenvalue weighted by molar-refractivity contribution is 6.31. The van der Waals surface area contributed by atoms with Crippen LogP contribution in [0.4, 0.5) is 14.6 Å². The number of ether oxygens (including phenoxy) is 2. The summed E-state index contributed by atoms with van der Waals surface area (Å²) in [5.74, 6) is 0.756. The van der Waals surface area contributed by atoms with Crippen molar-refractivity contribution >= 4 is 23.3 Å². The second kappa shape index (κ2) is 12.2. The van der Waals surface area contributed by atoms with E-state index in [1.165, 1.54) is 12.1 Å². The molecule has 0 aliphatic carbocycles. The van der Waals surface area contributed by atoms with E-state index in [-0.39, 0.29) is 17.7 Å². The van der Waals surface area contributed by atoms with Gasteiger partial charge in [-0.15, -0.1) is 0 Å². The van der Waals surface area contributed by atoms with Gasteiger partial charge in [0.1, 0.15) is 18.2 Å². The van der Waals surface area contributed by atoms with Crippen molar-refractivity contribution < 1.29 is 23.0 Å². The predicted molar refractivity (Wildman–Crippen MR) is 148 cm³/mol. The van der Waals surface area contributed by atoms with E-state index in [1.54, 1.807) is 12.1 Å². The number of carbonyl (C=O) groups is 1. The fourth-order valence-electron chi connectivity index (χ4n) is 5.79. The number of nitrogens with zero attached hydrogens (tertiary/aromatic N) is 6. The summed E-state index contributed by atoms with van der Waals surface area (Å²) in [6, 6.07) is 5.37. The molecular formula is C28H35ClF2N6O3. The standard InChI is InChI=1S/C28H35ClF2N6O3/c1-4-25(38)37-12-11-36(13-18(37)2)26-21-15-35(14-20-22(29)8-5-9-24(20)40-27(30)31)16-23(21)32-28(33-26)39-17-19-7-6-10-34(19)3/h4-5,8-9,18-19,27H,1,6-7,10-17H2,2-3H3/t18-,19+/m1/s1. The number of benzene rings is 1. The Bertz CT molecular complexity index is 1250. The largest absolute Gasteiger partial charge is 0.462 e. The van der Waals surface area contributed by atoms with E-state index in [0.29, 0.717) is 68.5 Å². The lowest BCUT2D eigenvalue weighted by Gasteiger charge is -2.40. The lowest BCUT2D eigenvalue weighted by molar-refractivity contribution is -0.128. The maximum atomic E-state index is 13.1. The smallest absolute Gasteiger partial charge is 0.387 e. The van der Waals surface area contributed by atoms with Crippen LogP contribution in [0.5, 0.6) is 11.8 Å². The van der Waals surface area contributed by atoms with Crippen LogP contribution in [-0.4, -0.2) is 89.1 Å². The Kier molecular flexibility index (Phi) is 8.72. The number of amides is 1. The number of anilines is 1. The zero-order valence-electron chi connectivity index (χ0n) is 22.9. The van der Waals surface area contributed by atoms with Crippen molar-refractivity contribution in [2.24, 2.45) is 0 Å². The van der Waals surface area contributed by atoms with Crippen LogP contribution < -0.4 is 14.4 Å². The van der Waals surface area contributed by atoms with Crippen molar-refractivity contribution in [2.45, 2.75) is 58.1 Å². The summed E-state index contributed by atoms with van der Waals surface area (Å²) < 4.78 is 37.0. The van der Waals surface area contributed by atoms with Crippen LogP contribution in [0, 0.1) is 0 Å². The molecule has 40 heavy (non-hydrogen) atoms. The van der Waals surface area contributed by atoms with Crippen molar-refractivity contribution in [1.82, 2.24) is 24.7 Å². The summed E-state index contributed by atoms with van der Waals surface area (Å²) in [4.78, 5) is 30.3. The van der Waals surface area contributed by atoms with Gasteiger partial charge in [0, 0.05) is 67.5 Å². The fourth-order valence-corrected chi connectivity index (χ4v) is 6.02. The molecule has 2 aromatic rings. The molecule has 3 aliphatic heterocycles. The Morgan fingerprint density at radius 3 is 2.77 bits per heavy atom. The molecule has 2 saturated heterocycles. The minimum Gasteiger partial charge on any atom is -0.462 e. The third-order valence-corrected chi connectivity index (χ3v) is 8.29. The van der Waals surface area contributed by atoms with E-state index in [2.05, 4.69) is 28.3 Å². The van der Waals surface area contributed by atoms with Crippen LogP contribution in [0.3, 0.4) is 0 Å². The highest BCUT2D eigenvalue weighted by atomic mass is 35.5. The molecule has 2 fully saturated rings. The van der Waals surface area contributed by atoms with Gasteiger partial charge < -0.3 is 24.2 Å². The molecule has 2 atom stereocenters. The number of likely N-dealkylation sites (tertiary alicyclic amines) is 1. The van der Waals surface area contributed by atoms with Gasteiger partial charge >= 0.3 is 12.6 Å². The molecule has 9 nitrogen and oxygen atoms in total. The first kappa shape index (κ1) is 28.5. The second-order valence-electron chi connectivity index (χ2n) is 10.6. The number of rotatable bonds is 9. The van der Waals surface area contributed by atoms with Crippen LogP contribution in [0.1, 0.15) is 36.6 Å². The maximum absolute atomic E-state index is 13.1. The van der Waals surface area contributed by atoms with Crippen molar-refractivity contribution in [1.29, 1.82) is 0 Å². The Labute approximate surface area is 238 Å². The minimum absolute atomic E-state index is 0.0314. The van der Waals surface area contributed by atoms with Crippen molar-refractivity contribution in [3.8, 4) is 11.8 Å². The average Bonchev–Trinajstić information content (AvgIpc) is 3.53. The number of alkyl halides is 2. The van der Waals surface area contributed by atoms with E-state index in [1.807, 2.05) is 11.8 Å². The first-order chi connectivity index (χ1) is 19.2. The molecule has 0 N–H and O–H groups in total. The van der Waals surface area contributed by atoms with Gasteiger partial charge in [0.15, 0.2) is 0 Å². The lowest BCUT2D eigenvalue weighted by Crippen LogP contribution is -2.54. The van der Waals surface area contributed by atoms with E-state index < -0.39 is 6.61 Å². The zero-order chi connectivity index (χ0) is 28.4. The van der Waals surface area contributed by atoms with Crippen LogP contribution in [0.15, 0.2) is 30.9 Å². The van der Waals surface area contributed by atoms with Gasteiger partial charge in [-0.2, -0.15) is 18.7 Å². The van der Waals surface area contributed by atoms with E-state index in [9.17, 15) is 13.6 Å². The van der Waals surface area contributed by atoms with Gasteiger partial charge in [-0.3, -0.25) is 9.69 Å². The number of fused-ring (bicyclic) bond motifs is 1. The van der Waals surface area contributed by atoms with E-state index >= 15 is 0 Å². The van der Waals surface area contributed by atoms with Crippen LogP contribution in [0.2, 0.25) is 5.02 Å². The Balaban J connectivity index is 1.40. The van der Waals surface area contributed by atoms with Gasteiger partial charge in [-0.25, -0.2) is 0 Å². The molecule has 0 unspecified atom stereocenters. The van der Waals surface area contributed by atoms with Gasteiger partial charge in [0.25, 0.3) is 0 Å². The van der Waals surface area contributed by atoms with Crippen molar-refractivity contribution in [2.75, 3.05) is 44.7 Å². The molecular weight excluding hydrogens is 542 g/mol. The summed E-state index contributed by atoms with van der Waals surface area (Å²) in [6.07, 6.45) is 3.56. The number of hydrogen-bond acceptors (Lipinski definition) is 8. The number of piperazine rings is 1. The van der Waals surface area contributed by atoms with Crippen LogP contribution in [0.25, 0.3) is 0 Å². The summed E-state index contributed by atoms with van der Waals surface area (Å²) in [5.41, 5.74) is 2.29. The van der Waals surface area contributed by atoms with E-state index in [0.717, 1.165) is 36.5 Å². The molecule has 0 bridgehead atoms.